The lowest BCUT2D eigenvalue weighted by Crippen LogP contribution is -2.27. The molecule has 3 heteroatoms. The molecule has 0 spiro atoms. The van der Waals surface area contributed by atoms with Crippen LogP contribution in [0.25, 0.3) is 0 Å². The van der Waals surface area contributed by atoms with Crippen LogP contribution in [0.2, 0.25) is 0 Å². The predicted molar refractivity (Wildman–Crippen MR) is 77.4 cm³/mol. The van der Waals surface area contributed by atoms with Gasteiger partial charge >= 0.3 is 5.97 Å². The summed E-state index contributed by atoms with van der Waals surface area (Å²) in [6.07, 6.45) is 5.51. The fourth-order valence-electron chi connectivity index (χ4n) is 2.85. The van der Waals surface area contributed by atoms with Crippen molar-refractivity contribution in [2.45, 2.75) is 32.1 Å². The number of allylic oxidation sites excluding steroid dienone is 1. The summed E-state index contributed by atoms with van der Waals surface area (Å²) in [5.74, 6) is -0.0436. The maximum absolute atomic E-state index is 12.0. The standard InChI is InChI=1S/C17H20O3/c1-2-10-17(11-6-9-15(17)18)12-13-20-16(19)14-7-4-3-5-8-14/h2-5,7-8H,1,6,9-13H2. The van der Waals surface area contributed by atoms with Gasteiger partial charge in [0, 0.05) is 11.8 Å². The van der Waals surface area contributed by atoms with Gasteiger partial charge in [0.15, 0.2) is 0 Å². The van der Waals surface area contributed by atoms with Crippen molar-refractivity contribution in [3.63, 3.8) is 0 Å². The molecule has 1 fully saturated rings. The first kappa shape index (κ1) is 14.5. The first-order valence-electron chi connectivity index (χ1n) is 7.04. The lowest BCUT2D eigenvalue weighted by Gasteiger charge is -2.25. The Morgan fingerprint density at radius 2 is 2.10 bits per heavy atom. The molecule has 20 heavy (non-hydrogen) atoms. The van der Waals surface area contributed by atoms with E-state index >= 15 is 0 Å². The van der Waals surface area contributed by atoms with E-state index in [0.717, 1.165) is 12.8 Å². The molecule has 1 aliphatic carbocycles. The van der Waals surface area contributed by atoms with Crippen LogP contribution in [0, 0.1) is 5.41 Å². The van der Waals surface area contributed by atoms with Crippen LogP contribution in [-0.4, -0.2) is 18.4 Å². The van der Waals surface area contributed by atoms with Gasteiger partial charge in [-0.15, -0.1) is 6.58 Å². The number of ketones is 1. The first-order chi connectivity index (χ1) is 9.68. The molecule has 1 aliphatic rings. The minimum atomic E-state index is -0.348. The van der Waals surface area contributed by atoms with Crippen molar-refractivity contribution < 1.29 is 14.3 Å². The van der Waals surface area contributed by atoms with Crippen LogP contribution in [0.1, 0.15) is 42.5 Å². The molecule has 1 atom stereocenters. The molecule has 0 saturated heterocycles. The Labute approximate surface area is 119 Å². The quantitative estimate of drug-likeness (QED) is 0.587. The van der Waals surface area contributed by atoms with Crippen LogP contribution in [0.15, 0.2) is 43.0 Å². The van der Waals surface area contributed by atoms with Crippen molar-refractivity contribution in [2.75, 3.05) is 6.61 Å². The van der Waals surface area contributed by atoms with E-state index in [2.05, 4.69) is 6.58 Å². The van der Waals surface area contributed by atoms with Crippen LogP contribution in [-0.2, 0) is 9.53 Å². The maximum atomic E-state index is 12.0. The van der Waals surface area contributed by atoms with Crippen molar-refractivity contribution in [3.05, 3.63) is 48.6 Å². The van der Waals surface area contributed by atoms with Gasteiger partial charge in [-0.05, 0) is 37.8 Å². The second-order valence-corrected chi connectivity index (χ2v) is 5.30. The van der Waals surface area contributed by atoms with Crippen molar-refractivity contribution in [3.8, 4) is 0 Å². The Balaban J connectivity index is 1.90. The van der Waals surface area contributed by atoms with E-state index in [0.29, 0.717) is 24.8 Å². The number of esters is 1. The molecule has 2 rings (SSSR count). The number of hydrogen-bond donors (Lipinski definition) is 0. The predicted octanol–water partition coefficient (Wildman–Crippen LogP) is 3.55. The zero-order chi connectivity index (χ0) is 14.4. The minimum Gasteiger partial charge on any atom is -0.462 e. The molecule has 0 amide bonds. The van der Waals surface area contributed by atoms with Crippen LogP contribution >= 0.6 is 0 Å². The van der Waals surface area contributed by atoms with Crippen LogP contribution in [0.5, 0.6) is 0 Å². The van der Waals surface area contributed by atoms with Gasteiger partial charge in [-0.25, -0.2) is 4.79 Å². The molecular formula is C17H20O3. The lowest BCUT2D eigenvalue weighted by molar-refractivity contribution is -0.126. The van der Waals surface area contributed by atoms with Gasteiger partial charge in [-0.3, -0.25) is 4.79 Å². The van der Waals surface area contributed by atoms with E-state index in [1.54, 1.807) is 30.3 Å². The van der Waals surface area contributed by atoms with Crippen molar-refractivity contribution in [1.82, 2.24) is 0 Å². The van der Waals surface area contributed by atoms with Gasteiger partial charge in [0.2, 0.25) is 0 Å². The smallest absolute Gasteiger partial charge is 0.338 e. The Hall–Kier alpha value is -1.90. The highest BCUT2D eigenvalue weighted by molar-refractivity contribution is 5.89. The highest BCUT2D eigenvalue weighted by Crippen LogP contribution is 2.41. The maximum Gasteiger partial charge on any atom is 0.338 e. The van der Waals surface area contributed by atoms with Crippen molar-refractivity contribution >= 4 is 11.8 Å². The van der Waals surface area contributed by atoms with Crippen molar-refractivity contribution in [1.29, 1.82) is 0 Å². The second kappa shape index (κ2) is 6.51. The van der Waals surface area contributed by atoms with E-state index in [9.17, 15) is 9.59 Å². The van der Waals surface area contributed by atoms with Crippen LogP contribution in [0.4, 0.5) is 0 Å². The van der Waals surface area contributed by atoms with Crippen LogP contribution in [0.3, 0.4) is 0 Å². The summed E-state index contributed by atoms with van der Waals surface area (Å²) in [4.78, 5) is 23.9. The number of ether oxygens (including phenoxy) is 1. The first-order valence-corrected chi connectivity index (χ1v) is 7.04. The molecule has 1 saturated carbocycles. The molecule has 1 aromatic rings. The number of hydrogen-bond acceptors (Lipinski definition) is 3. The summed E-state index contributed by atoms with van der Waals surface area (Å²) in [6, 6.07) is 8.91. The summed E-state index contributed by atoms with van der Waals surface area (Å²) < 4.78 is 5.28. The average molecular weight is 272 g/mol. The topological polar surface area (TPSA) is 43.4 Å². The molecule has 0 aromatic heterocycles. The summed E-state index contributed by atoms with van der Waals surface area (Å²) in [7, 11) is 0. The summed E-state index contributed by atoms with van der Waals surface area (Å²) in [6.45, 7) is 4.02. The van der Waals surface area contributed by atoms with Gasteiger partial charge in [0.1, 0.15) is 5.78 Å². The fourth-order valence-corrected chi connectivity index (χ4v) is 2.85. The normalized spacial score (nSPS) is 21.7. The third kappa shape index (κ3) is 3.16. The van der Waals surface area contributed by atoms with Gasteiger partial charge in [-0.2, -0.15) is 0 Å². The van der Waals surface area contributed by atoms with E-state index in [4.69, 9.17) is 4.74 Å². The summed E-state index contributed by atoms with van der Waals surface area (Å²) in [5.41, 5.74) is 0.196. The van der Waals surface area contributed by atoms with Gasteiger partial charge < -0.3 is 4.74 Å². The number of carbonyl (C=O) groups excluding carboxylic acids is 2. The number of carbonyl (C=O) groups is 2. The Morgan fingerprint density at radius 3 is 2.70 bits per heavy atom. The minimum absolute atomic E-state index is 0.285. The molecule has 1 unspecified atom stereocenters. The SMILES string of the molecule is C=CCC1(CCOC(=O)c2ccccc2)CCCC1=O. The monoisotopic (exact) mass is 272 g/mol. The molecule has 0 aliphatic heterocycles. The fraction of sp³-hybridized carbons (Fsp3) is 0.412. The van der Waals surface area contributed by atoms with Gasteiger partial charge in [0.05, 0.1) is 12.2 Å². The molecule has 106 valence electrons. The molecule has 0 heterocycles. The van der Waals surface area contributed by atoms with E-state index < -0.39 is 0 Å². The number of Topliss-reactive ketones (excluding diaryl/α,β-unsaturated/α-hetero) is 1. The largest absolute Gasteiger partial charge is 0.462 e. The molecule has 0 bridgehead atoms. The Bertz CT molecular complexity index is 492. The van der Waals surface area contributed by atoms with Gasteiger partial charge in [-0.1, -0.05) is 24.3 Å². The van der Waals surface area contributed by atoms with E-state index in [1.165, 1.54) is 0 Å². The third-order valence-corrected chi connectivity index (χ3v) is 4.01. The molecule has 3 nitrogen and oxygen atoms in total. The van der Waals surface area contributed by atoms with Gasteiger partial charge in [0.25, 0.3) is 0 Å². The number of rotatable bonds is 6. The Morgan fingerprint density at radius 1 is 1.35 bits per heavy atom. The van der Waals surface area contributed by atoms with Crippen LogP contribution < -0.4 is 0 Å². The third-order valence-electron chi connectivity index (χ3n) is 4.01. The molecule has 1 aromatic carbocycles. The zero-order valence-corrected chi connectivity index (χ0v) is 11.6. The lowest BCUT2D eigenvalue weighted by atomic mass is 9.79. The highest BCUT2D eigenvalue weighted by Gasteiger charge is 2.40. The number of benzene rings is 1. The molecule has 0 N–H and O–H groups in total. The second-order valence-electron chi connectivity index (χ2n) is 5.30. The molecular weight excluding hydrogens is 252 g/mol. The average Bonchev–Trinajstić information content (AvgIpc) is 2.81. The van der Waals surface area contributed by atoms with Crippen molar-refractivity contribution in [2.24, 2.45) is 5.41 Å². The highest BCUT2D eigenvalue weighted by atomic mass is 16.5. The summed E-state index contributed by atoms with van der Waals surface area (Å²) in [5, 5.41) is 0. The Kier molecular flexibility index (Phi) is 4.72. The van der Waals surface area contributed by atoms with E-state index in [1.807, 2.05) is 6.07 Å². The zero-order valence-electron chi connectivity index (χ0n) is 11.6. The van der Waals surface area contributed by atoms with E-state index in [-0.39, 0.29) is 23.8 Å². The summed E-state index contributed by atoms with van der Waals surface area (Å²) >= 11 is 0. The molecule has 0 radical (unpaired) electrons.